The second kappa shape index (κ2) is 8.09. The number of hydrogen-bond acceptors (Lipinski definition) is 6. The molecule has 0 aromatic carbocycles. The summed E-state index contributed by atoms with van der Waals surface area (Å²) in [5.74, 6) is 1.13. The normalized spacial score (nSPS) is 18.8. The van der Waals surface area contributed by atoms with Crippen LogP contribution in [0.5, 0.6) is 0 Å². The molecule has 0 fully saturated rings. The summed E-state index contributed by atoms with van der Waals surface area (Å²) in [5.41, 5.74) is 9.30. The molecule has 0 saturated heterocycles. The van der Waals surface area contributed by atoms with E-state index in [2.05, 4.69) is 15.6 Å². The lowest BCUT2D eigenvalue weighted by Gasteiger charge is -2.26. The van der Waals surface area contributed by atoms with Crippen molar-refractivity contribution in [3.05, 3.63) is 59.0 Å². The Morgan fingerprint density at radius 3 is 2.72 bits per heavy atom. The van der Waals surface area contributed by atoms with Gasteiger partial charge in [-0.3, -0.25) is 0 Å². The molecule has 2 heterocycles. The first-order valence-electron chi connectivity index (χ1n) is 7.83. The zero-order chi connectivity index (χ0) is 18.6. The van der Waals surface area contributed by atoms with Crippen LogP contribution in [0, 0.1) is 11.3 Å². The standard InChI is InChI=1S/C17H24N6OS/c1-11(2)12(9-18)7-16(19)22-17-6-5-14-15(21-17)8-13(10-20-14)23(3)25(4)24/h5-11,18,20-21H,1-4H3,(H2,19,22). The number of fused-ring (bicyclic) bond motifs is 1. The van der Waals surface area contributed by atoms with Crippen LogP contribution in [-0.2, 0) is 11.4 Å². The number of allylic oxidation sites excluding steroid dienone is 4. The lowest BCUT2D eigenvalue weighted by Crippen LogP contribution is -2.31. The molecule has 2 aliphatic heterocycles. The third-order valence-corrected chi connectivity index (χ3v) is 4.76. The van der Waals surface area contributed by atoms with Gasteiger partial charge in [0.25, 0.3) is 0 Å². The molecule has 0 aliphatic carbocycles. The molecule has 0 saturated carbocycles. The van der Waals surface area contributed by atoms with Gasteiger partial charge in [0, 0.05) is 12.4 Å². The molecule has 8 heteroatoms. The minimum atomic E-state index is -1.11. The van der Waals surface area contributed by atoms with Crippen molar-refractivity contribution in [1.29, 1.82) is 5.41 Å². The van der Waals surface area contributed by atoms with E-state index in [1.54, 1.807) is 29.9 Å². The van der Waals surface area contributed by atoms with Gasteiger partial charge in [0.05, 0.1) is 29.8 Å². The van der Waals surface area contributed by atoms with Crippen molar-refractivity contribution in [3.63, 3.8) is 0 Å². The van der Waals surface area contributed by atoms with E-state index in [4.69, 9.17) is 11.1 Å². The predicted octanol–water partition coefficient (Wildman–Crippen LogP) is 1.46. The maximum atomic E-state index is 11.6. The third-order valence-electron chi connectivity index (χ3n) is 3.78. The van der Waals surface area contributed by atoms with Crippen LogP contribution >= 0.6 is 0 Å². The fourth-order valence-corrected chi connectivity index (χ4v) is 2.59. The van der Waals surface area contributed by atoms with E-state index in [1.807, 2.05) is 32.1 Å². The topological polar surface area (TPSA) is 113 Å². The highest BCUT2D eigenvalue weighted by molar-refractivity contribution is 7.88. The second-order valence-corrected chi connectivity index (χ2v) is 7.33. The van der Waals surface area contributed by atoms with Crippen LogP contribution in [-0.4, -0.2) is 34.2 Å². The Balaban J connectivity index is 2.19. The number of likely N-dealkylation sites (N-methyl/N-ethyl adjacent to an activating group) is 1. The summed E-state index contributed by atoms with van der Waals surface area (Å²) < 4.78 is 13.3. The van der Waals surface area contributed by atoms with Crippen LogP contribution in [0.15, 0.2) is 64.0 Å². The number of dihydropyridines is 2. The molecule has 1 atom stereocenters. The Labute approximate surface area is 151 Å². The van der Waals surface area contributed by atoms with Crippen molar-refractivity contribution in [1.82, 2.24) is 14.9 Å². The smallest absolute Gasteiger partial charge is 0.132 e. The van der Waals surface area contributed by atoms with Crippen molar-refractivity contribution < 1.29 is 4.55 Å². The molecule has 134 valence electrons. The Morgan fingerprint density at radius 2 is 2.12 bits per heavy atom. The summed E-state index contributed by atoms with van der Waals surface area (Å²) in [5, 5.41) is 13.8. The van der Waals surface area contributed by atoms with Crippen molar-refractivity contribution in [2.45, 2.75) is 13.8 Å². The number of nitrogens with one attached hydrogen (secondary N) is 3. The summed E-state index contributed by atoms with van der Waals surface area (Å²) in [6.45, 7) is 4.00. The van der Waals surface area contributed by atoms with Crippen molar-refractivity contribution in [3.8, 4) is 0 Å². The zero-order valence-electron chi connectivity index (χ0n) is 14.8. The van der Waals surface area contributed by atoms with Gasteiger partial charge in [-0.2, -0.15) is 4.31 Å². The van der Waals surface area contributed by atoms with Gasteiger partial charge in [-0.05, 0) is 35.8 Å². The SMILES string of the molecule is CC(C)C(C=N)=CC(N)=NC1=CC=C2NC=C(N(C)[S+](C)[O-])C=C2N1. The van der Waals surface area contributed by atoms with Crippen LogP contribution in [0.2, 0.25) is 0 Å². The van der Waals surface area contributed by atoms with Crippen LogP contribution in [0.1, 0.15) is 13.8 Å². The van der Waals surface area contributed by atoms with E-state index in [9.17, 15) is 4.55 Å². The summed E-state index contributed by atoms with van der Waals surface area (Å²) in [6, 6.07) is 0. The molecular weight excluding hydrogens is 336 g/mol. The van der Waals surface area contributed by atoms with Gasteiger partial charge < -0.3 is 26.3 Å². The first-order valence-corrected chi connectivity index (χ1v) is 9.34. The van der Waals surface area contributed by atoms with E-state index in [-0.39, 0.29) is 5.92 Å². The maximum absolute atomic E-state index is 11.6. The number of rotatable bonds is 6. The van der Waals surface area contributed by atoms with Gasteiger partial charge in [0.15, 0.2) is 0 Å². The molecule has 7 nitrogen and oxygen atoms in total. The predicted molar refractivity (Wildman–Crippen MR) is 104 cm³/mol. The average Bonchev–Trinajstić information content (AvgIpc) is 2.57. The van der Waals surface area contributed by atoms with Gasteiger partial charge in [0.2, 0.25) is 0 Å². The molecule has 0 aromatic heterocycles. The summed E-state index contributed by atoms with van der Waals surface area (Å²) in [7, 11) is 1.76. The van der Waals surface area contributed by atoms with E-state index in [0.717, 1.165) is 22.7 Å². The fourth-order valence-electron chi connectivity index (χ4n) is 2.19. The van der Waals surface area contributed by atoms with Crippen molar-refractivity contribution in [2.75, 3.05) is 13.3 Å². The largest absolute Gasteiger partial charge is 0.593 e. The monoisotopic (exact) mass is 360 g/mol. The fraction of sp³-hybridized carbons (Fsp3) is 0.294. The Kier molecular flexibility index (Phi) is 6.11. The average molecular weight is 360 g/mol. The molecule has 0 radical (unpaired) electrons. The van der Waals surface area contributed by atoms with Crippen LogP contribution in [0.4, 0.5) is 0 Å². The van der Waals surface area contributed by atoms with Gasteiger partial charge in [-0.1, -0.05) is 13.8 Å². The highest BCUT2D eigenvalue weighted by Crippen LogP contribution is 2.21. The minimum Gasteiger partial charge on any atom is -0.593 e. The number of nitrogens with zero attached hydrogens (tertiary/aromatic N) is 2. The maximum Gasteiger partial charge on any atom is 0.132 e. The van der Waals surface area contributed by atoms with Crippen LogP contribution in [0.3, 0.4) is 0 Å². The molecule has 5 N–H and O–H groups in total. The number of hydrogen-bond donors (Lipinski definition) is 4. The van der Waals surface area contributed by atoms with E-state index < -0.39 is 11.4 Å². The quantitative estimate of drug-likeness (QED) is 0.325. The van der Waals surface area contributed by atoms with Gasteiger partial charge in [-0.15, -0.1) is 0 Å². The summed E-state index contributed by atoms with van der Waals surface area (Å²) in [6.07, 6.45) is 12.0. The first-order chi connectivity index (χ1) is 11.8. The third kappa shape index (κ3) is 4.77. The first kappa shape index (κ1) is 18.9. The second-order valence-electron chi connectivity index (χ2n) is 5.93. The highest BCUT2D eigenvalue weighted by atomic mass is 32.2. The van der Waals surface area contributed by atoms with Crippen molar-refractivity contribution >= 4 is 23.4 Å². The molecule has 1 unspecified atom stereocenters. The highest BCUT2D eigenvalue weighted by Gasteiger charge is 2.20. The summed E-state index contributed by atoms with van der Waals surface area (Å²) >= 11 is -1.11. The molecule has 25 heavy (non-hydrogen) atoms. The van der Waals surface area contributed by atoms with Crippen molar-refractivity contribution in [2.24, 2.45) is 16.6 Å². The Morgan fingerprint density at radius 1 is 1.40 bits per heavy atom. The Hall–Kier alpha value is -2.45. The molecule has 2 aliphatic rings. The summed E-state index contributed by atoms with van der Waals surface area (Å²) in [4.78, 5) is 4.36. The number of aliphatic imine (C=N–C) groups is 1. The number of nitrogens with two attached hydrogens (primary N) is 1. The molecule has 0 spiro atoms. The van der Waals surface area contributed by atoms with Gasteiger partial charge in [0.1, 0.15) is 23.6 Å². The lowest BCUT2D eigenvalue weighted by atomic mass is 10.0. The van der Waals surface area contributed by atoms with E-state index >= 15 is 0 Å². The molecule has 0 amide bonds. The lowest BCUT2D eigenvalue weighted by molar-refractivity contribution is 0.532. The minimum absolute atomic E-state index is 0.203. The van der Waals surface area contributed by atoms with Crippen LogP contribution in [0.25, 0.3) is 0 Å². The van der Waals surface area contributed by atoms with Gasteiger partial charge >= 0.3 is 0 Å². The number of amidine groups is 1. The molecule has 0 aromatic rings. The molecule has 0 bridgehead atoms. The van der Waals surface area contributed by atoms with Gasteiger partial charge in [-0.25, -0.2) is 4.99 Å². The van der Waals surface area contributed by atoms with E-state index in [1.165, 1.54) is 6.21 Å². The molecule has 2 rings (SSSR count). The zero-order valence-corrected chi connectivity index (χ0v) is 15.6. The van der Waals surface area contributed by atoms with Crippen LogP contribution < -0.4 is 16.4 Å². The molecular formula is C17H24N6OS. The Bertz CT molecular complexity index is 727. The van der Waals surface area contributed by atoms with E-state index in [0.29, 0.717) is 11.7 Å².